The summed E-state index contributed by atoms with van der Waals surface area (Å²) in [5, 5.41) is 6.50. The third-order valence-corrected chi connectivity index (χ3v) is 4.20. The monoisotopic (exact) mass is 259 g/mol. The molecule has 2 N–H and O–H groups in total. The van der Waals surface area contributed by atoms with Crippen LogP contribution in [0.15, 0.2) is 18.2 Å². The summed E-state index contributed by atoms with van der Waals surface area (Å²) >= 11 is 0. The van der Waals surface area contributed by atoms with Crippen molar-refractivity contribution in [2.24, 2.45) is 5.92 Å². The summed E-state index contributed by atoms with van der Waals surface area (Å²) in [6.45, 7) is 3.04. The third-order valence-electron chi connectivity index (χ3n) is 4.20. The molecule has 19 heavy (non-hydrogen) atoms. The summed E-state index contributed by atoms with van der Waals surface area (Å²) < 4.78 is 0. The summed E-state index contributed by atoms with van der Waals surface area (Å²) in [5.74, 6) is 0.891. The highest BCUT2D eigenvalue weighted by Gasteiger charge is 2.29. The average molecular weight is 259 g/mol. The summed E-state index contributed by atoms with van der Waals surface area (Å²) in [4.78, 5) is 14.2. The van der Waals surface area contributed by atoms with Gasteiger partial charge in [0, 0.05) is 25.0 Å². The molecule has 3 rings (SSSR count). The Morgan fingerprint density at radius 3 is 2.89 bits per heavy atom. The van der Waals surface area contributed by atoms with Gasteiger partial charge >= 0.3 is 0 Å². The smallest absolute Gasteiger partial charge is 0.231 e. The van der Waals surface area contributed by atoms with Crippen LogP contribution >= 0.6 is 0 Å². The summed E-state index contributed by atoms with van der Waals surface area (Å²) in [5.41, 5.74) is 3.35. The summed E-state index contributed by atoms with van der Waals surface area (Å²) in [7, 11) is 1.91. The second-order valence-electron chi connectivity index (χ2n) is 5.47. The maximum absolute atomic E-state index is 12.2. The lowest BCUT2D eigenvalue weighted by Gasteiger charge is -2.28. The van der Waals surface area contributed by atoms with E-state index in [1.165, 1.54) is 12.8 Å². The number of piperidine rings is 1. The van der Waals surface area contributed by atoms with E-state index < -0.39 is 0 Å². The third kappa shape index (κ3) is 2.45. The number of nitrogens with one attached hydrogen (secondary N) is 2. The Bertz CT molecular complexity index is 480. The van der Waals surface area contributed by atoms with E-state index in [-0.39, 0.29) is 5.91 Å². The van der Waals surface area contributed by atoms with Crippen LogP contribution in [0.25, 0.3) is 0 Å². The lowest BCUT2D eigenvalue weighted by atomic mass is 9.97. The molecule has 1 aromatic rings. The van der Waals surface area contributed by atoms with Gasteiger partial charge in [-0.25, -0.2) is 0 Å². The van der Waals surface area contributed by atoms with Crippen molar-refractivity contribution in [1.82, 2.24) is 5.32 Å². The molecule has 0 bridgehead atoms. The van der Waals surface area contributed by atoms with Crippen molar-refractivity contribution in [2.75, 3.05) is 36.9 Å². The van der Waals surface area contributed by atoms with Gasteiger partial charge in [-0.1, -0.05) is 0 Å². The number of carbonyl (C=O) groups is 1. The largest absolute Gasteiger partial charge is 0.388 e. The number of hydrogen-bond acceptors (Lipinski definition) is 3. The Kier molecular flexibility index (Phi) is 3.42. The predicted molar refractivity (Wildman–Crippen MR) is 77.6 cm³/mol. The molecule has 0 atom stereocenters. The molecule has 0 unspecified atom stereocenters. The number of fused-ring (bicyclic) bond motifs is 1. The zero-order valence-corrected chi connectivity index (χ0v) is 11.4. The lowest BCUT2D eigenvalue weighted by Crippen LogP contribution is -2.37. The van der Waals surface area contributed by atoms with Crippen molar-refractivity contribution in [3.05, 3.63) is 23.8 Å². The van der Waals surface area contributed by atoms with Crippen molar-refractivity contribution in [1.29, 1.82) is 0 Å². The van der Waals surface area contributed by atoms with Crippen molar-refractivity contribution >= 4 is 17.3 Å². The standard InChI is InChI=1S/C15H21N3O/c1-16-13-2-3-14-12(8-13)9-15(19)18(14)10-11-4-6-17-7-5-11/h2-3,8,11,16-17H,4-7,9-10H2,1H3. The van der Waals surface area contributed by atoms with Crippen molar-refractivity contribution in [3.63, 3.8) is 0 Å². The first-order valence-electron chi connectivity index (χ1n) is 7.09. The van der Waals surface area contributed by atoms with Gasteiger partial charge in [0.15, 0.2) is 0 Å². The molecule has 4 heteroatoms. The van der Waals surface area contributed by atoms with E-state index in [2.05, 4.69) is 22.8 Å². The van der Waals surface area contributed by atoms with Crippen LogP contribution in [0.1, 0.15) is 18.4 Å². The predicted octanol–water partition coefficient (Wildman–Crippen LogP) is 1.62. The molecule has 2 heterocycles. The SMILES string of the molecule is CNc1ccc2c(c1)CC(=O)N2CC1CCNCC1. The summed E-state index contributed by atoms with van der Waals surface area (Å²) in [6.07, 6.45) is 2.90. The van der Waals surface area contributed by atoms with Crippen LogP contribution < -0.4 is 15.5 Å². The summed E-state index contributed by atoms with van der Waals surface area (Å²) in [6, 6.07) is 6.22. The lowest BCUT2D eigenvalue weighted by molar-refractivity contribution is -0.117. The van der Waals surface area contributed by atoms with Gasteiger partial charge < -0.3 is 15.5 Å². The Morgan fingerprint density at radius 2 is 2.16 bits per heavy atom. The molecule has 0 aromatic heterocycles. The normalized spacial score (nSPS) is 19.6. The van der Waals surface area contributed by atoms with Gasteiger partial charge in [-0.2, -0.15) is 0 Å². The molecule has 2 aliphatic heterocycles. The topological polar surface area (TPSA) is 44.4 Å². The molecule has 102 valence electrons. The molecule has 1 fully saturated rings. The zero-order valence-electron chi connectivity index (χ0n) is 11.4. The molecule has 1 aromatic carbocycles. The second kappa shape index (κ2) is 5.21. The fourth-order valence-electron chi connectivity index (χ4n) is 3.06. The van der Waals surface area contributed by atoms with E-state index in [4.69, 9.17) is 0 Å². The molecule has 0 spiro atoms. The van der Waals surface area contributed by atoms with Gasteiger partial charge in [-0.3, -0.25) is 4.79 Å². The molecule has 4 nitrogen and oxygen atoms in total. The highest BCUT2D eigenvalue weighted by atomic mass is 16.2. The van der Waals surface area contributed by atoms with E-state index in [0.29, 0.717) is 12.3 Å². The zero-order chi connectivity index (χ0) is 13.2. The Labute approximate surface area is 114 Å². The maximum Gasteiger partial charge on any atom is 0.231 e. The number of rotatable bonds is 3. The number of anilines is 2. The number of benzene rings is 1. The Hall–Kier alpha value is -1.55. The van der Waals surface area contributed by atoms with E-state index in [1.54, 1.807) is 0 Å². The van der Waals surface area contributed by atoms with Crippen molar-refractivity contribution in [2.45, 2.75) is 19.3 Å². The van der Waals surface area contributed by atoms with Gasteiger partial charge in [0.25, 0.3) is 0 Å². The molecule has 1 saturated heterocycles. The van der Waals surface area contributed by atoms with E-state index in [9.17, 15) is 4.79 Å². The fourth-order valence-corrected chi connectivity index (χ4v) is 3.06. The first kappa shape index (κ1) is 12.5. The Morgan fingerprint density at radius 1 is 1.37 bits per heavy atom. The van der Waals surface area contributed by atoms with Gasteiger partial charge in [0.2, 0.25) is 5.91 Å². The average Bonchev–Trinajstić information content (AvgIpc) is 2.75. The minimum Gasteiger partial charge on any atom is -0.388 e. The highest BCUT2D eigenvalue weighted by Crippen LogP contribution is 2.32. The second-order valence-corrected chi connectivity index (χ2v) is 5.47. The van der Waals surface area contributed by atoms with Crippen molar-refractivity contribution < 1.29 is 4.79 Å². The van der Waals surface area contributed by atoms with Crippen LogP contribution in [0.2, 0.25) is 0 Å². The Balaban J connectivity index is 1.78. The van der Waals surface area contributed by atoms with E-state index >= 15 is 0 Å². The molecular formula is C15H21N3O. The van der Waals surface area contributed by atoms with Crippen LogP contribution in [-0.2, 0) is 11.2 Å². The number of nitrogens with zero attached hydrogens (tertiary/aromatic N) is 1. The maximum atomic E-state index is 12.2. The van der Waals surface area contributed by atoms with Gasteiger partial charge in [-0.15, -0.1) is 0 Å². The van der Waals surface area contributed by atoms with E-state index in [0.717, 1.165) is 36.6 Å². The fraction of sp³-hybridized carbons (Fsp3) is 0.533. The number of amides is 1. The molecule has 0 aliphatic carbocycles. The molecule has 0 radical (unpaired) electrons. The first-order chi connectivity index (χ1) is 9.28. The van der Waals surface area contributed by atoms with E-state index in [1.807, 2.05) is 18.0 Å². The van der Waals surface area contributed by atoms with Gasteiger partial charge in [-0.05, 0) is 55.6 Å². The van der Waals surface area contributed by atoms with Crippen LogP contribution in [0, 0.1) is 5.92 Å². The van der Waals surface area contributed by atoms with Gasteiger partial charge in [0.05, 0.1) is 6.42 Å². The highest BCUT2D eigenvalue weighted by molar-refractivity contribution is 6.01. The molecule has 0 saturated carbocycles. The van der Waals surface area contributed by atoms with Crippen molar-refractivity contribution in [3.8, 4) is 0 Å². The van der Waals surface area contributed by atoms with Crippen LogP contribution in [0.4, 0.5) is 11.4 Å². The number of carbonyl (C=O) groups excluding carboxylic acids is 1. The van der Waals surface area contributed by atoms with Crippen LogP contribution in [0.3, 0.4) is 0 Å². The van der Waals surface area contributed by atoms with Gasteiger partial charge in [0.1, 0.15) is 0 Å². The first-order valence-corrected chi connectivity index (χ1v) is 7.09. The van der Waals surface area contributed by atoms with Crippen LogP contribution in [0.5, 0.6) is 0 Å². The molecule has 1 amide bonds. The van der Waals surface area contributed by atoms with Crippen LogP contribution in [-0.4, -0.2) is 32.6 Å². The molecular weight excluding hydrogens is 238 g/mol. The minimum absolute atomic E-state index is 0.252. The number of hydrogen-bond donors (Lipinski definition) is 2. The minimum atomic E-state index is 0.252. The quantitative estimate of drug-likeness (QED) is 0.867. The molecule has 2 aliphatic rings.